The molecule has 3 N–H and O–H groups in total. The first kappa shape index (κ1) is 35.4. The monoisotopic (exact) mass is 665 g/mol. The zero-order chi connectivity index (χ0) is 35.1. The van der Waals surface area contributed by atoms with Crippen LogP contribution in [0.3, 0.4) is 0 Å². The van der Waals surface area contributed by atoms with E-state index in [9.17, 15) is 18.8 Å². The number of nitrogens with zero attached hydrogens (tertiary/aromatic N) is 4. The second kappa shape index (κ2) is 15.0. The Bertz CT molecular complexity index is 1770. The van der Waals surface area contributed by atoms with Gasteiger partial charge in [0.2, 0.25) is 5.88 Å². The maximum Gasteiger partial charge on any atom is 0.413 e. The van der Waals surface area contributed by atoms with Gasteiger partial charge in [-0.05, 0) is 60.1 Å². The van der Waals surface area contributed by atoms with Crippen molar-refractivity contribution in [1.82, 2.24) is 24.9 Å². The van der Waals surface area contributed by atoms with Crippen molar-refractivity contribution in [3.63, 3.8) is 0 Å². The van der Waals surface area contributed by atoms with Crippen molar-refractivity contribution in [2.45, 2.75) is 66.2 Å². The molecule has 0 atom stereocenters. The Hall–Kier alpha value is -5.47. The summed E-state index contributed by atoms with van der Waals surface area (Å²) in [6.45, 7) is 12.3. The van der Waals surface area contributed by atoms with Crippen LogP contribution in [0.5, 0.6) is 5.88 Å². The van der Waals surface area contributed by atoms with Gasteiger partial charge in [0.1, 0.15) is 35.0 Å². The number of anilines is 2. The molecule has 256 valence electrons. The van der Waals surface area contributed by atoms with Crippen molar-refractivity contribution in [3.05, 3.63) is 65.7 Å². The predicted octanol–water partition coefficient (Wildman–Crippen LogP) is 5.97. The lowest BCUT2D eigenvalue weighted by Crippen LogP contribution is -2.34. The van der Waals surface area contributed by atoms with Gasteiger partial charge in [-0.25, -0.2) is 28.7 Å². The van der Waals surface area contributed by atoms with Gasteiger partial charge in [-0.15, -0.1) is 0 Å². The number of carbonyl (C=O) groups excluding carboxylic acids is 3. The van der Waals surface area contributed by atoms with Crippen LogP contribution in [-0.2, 0) is 20.8 Å². The quantitative estimate of drug-likeness (QED) is 0.0981. The number of benzene rings is 1. The number of halogens is 1. The summed E-state index contributed by atoms with van der Waals surface area (Å²) in [5.74, 6) is -0.786. The fraction of sp³-hybridized carbons (Fsp3) is 0.394. The van der Waals surface area contributed by atoms with Crippen LogP contribution in [0.2, 0.25) is 0 Å². The number of alkyl carbamates (subject to hydrolysis) is 1. The molecule has 3 aromatic heterocycles. The zero-order valence-corrected chi connectivity index (χ0v) is 28.0. The summed E-state index contributed by atoms with van der Waals surface area (Å²) in [6.07, 6.45) is 0.942. The van der Waals surface area contributed by atoms with Gasteiger partial charge in [-0.2, -0.15) is 9.61 Å². The highest BCUT2D eigenvalue weighted by Crippen LogP contribution is 2.36. The number of carbonyl (C=O) groups is 3. The van der Waals surface area contributed by atoms with E-state index < -0.39 is 35.2 Å². The SMILES string of the molecule is CCOC(=O)c1cnn2c(NC(=O)OC(C)(C)C)c(-c3ccccc3)c(NCc3cc(F)cnc3OCCNC(=O)OC(C)(C)C)nc12. The van der Waals surface area contributed by atoms with Crippen LogP contribution in [0.15, 0.2) is 48.8 Å². The average Bonchev–Trinajstić information content (AvgIpc) is 3.42. The molecule has 0 aliphatic heterocycles. The van der Waals surface area contributed by atoms with E-state index >= 15 is 0 Å². The number of nitrogens with one attached hydrogen (secondary N) is 3. The van der Waals surface area contributed by atoms with Crippen molar-refractivity contribution in [1.29, 1.82) is 0 Å². The predicted molar refractivity (Wildman–Crippen MR) is 175 cm³/mol. The van der Waals surface area contributed by atoms with Crippen molar-refractivity contribution < 1.29 is 37.7 Å². The van der Waals surface area contributed by atoms with Crippen molar-refractivity contribution in [2.75, 3.05) is 30.4 Å². The van der Waals surface area contributed by atoms with E-state index in [-0.39, 0.29) is 55.0 Å². The first-order valence-corrected chi connectivity index (χ1v) is 15.3. The molecule has 48 heavy (non-hydrogen) atoms. The molecule has 0 unspecified atom stereocenters. The molecule has 3 heterocycles. The fourth-order valence-corrected chi connectivity index (χ4v) is 4.39. The molecule has 0 aliphatic carbocycles. The number of amides is 2. The Kier molecular flexibility index (Phi) is 11.0. The van der Waals surface area contributed by atoms with Crippen LogP contribution in [0.1, 0.15) is 64.4 Å². The van der Waals surface area contributed by atoms with Crippen LogP contribution in [0.4, 0.5) is 25.6 Å². The third kappa shape index (κ3) is 9.53. The number of aromatic nitrogens is 4. The number of hydrogen-bond acceptors (Lipinski definition) is 11. The lowest BCUT2D eigenvalue weighted by Gasteiger charge is -2.22. The second-order valence-corrected chi connectivity index (χ2v) is 12.4. The molecule has 0 saturated carbocycles. The van der Waals surface area contributed by atoms with E-state index in [1.54, 1.807) is 72.7 Å². The summed E-state index contributed by atoms with van der Waals surface area (Å²) in [5.41, 5.74) is 0.0386. The van der Waals surface area contributed by atoms with Crippen LogP contribution < -0.4 is 20.7 Å². The van der Waals surface area contributed by atoms with Gasteiger partial charge in [-0.3, -0.25) is 5.32 Å². The van der Waals surface area contributed by atoms with Crippen molar-refractivity contribution >= 4 is 35.4 Å². The normalized spacial score (nSPS) is 11.5. The van der Waals surface area contributed by atoms with Crippen LogP contribution in [0, 0.1) is 5.82 Å². The Morgan fingerprint density at radius 2 is 1.65 bits per heavy atom. The second-order valence-electron chi connectivity index (χ2n) is 12.4. The molecule has 4 rings (SSSR count). The first-order chi connectivity index (χ1) is 22.6. The van der Waals surface area contributed by atoms with E-state index in [4.69, 9.17) is 23.9 Å². The molecule has 2 amide bonds. The number of pyridine rings is 1. The number of hydrogen-bond donors (Lipinski definition) is 3. The third-order valence-electron chi connectivity index (χ3n) is 6.17. The summed E-state index contributed by atoms with van der Waals surface area (Å²) in [5, 5.41) is 12.9. The van der Waals surface area contributed by atoms with Gasteiger partial charge in [0.15, 0.2) is 11.5 Å². The maximum atomic E-state index is 14.4. The van der Waals surface area contributed by atoms with Gasteiger partial charge >= 0.3 is 18.2 Å². The molecule has 0 saturated heterocycles. The van der Waals surface area contributed by atoms with Gasteiger partial charge in [0, 0.05) is 12.1 Å². The molecular formula is C33H40FN7O7. The largest absolute Gasteiger partial charge is 0.476 e. The minimum atomic E-state index is -0.812. The molecule has 0 fully saturated rings. The lowest BCUT2D eigenvalue weighted by atomic mass is 10.1. The first-order valence-electron chi connectivity index (χ1n) is 15.3. The Morgan fingerprint density at radius 1 is 0.958 bits per heavy atom. The highest BCUT2D eigenvalue weighted by molar-refractivity contribution is 5.99. The zero-order valence-electron chi connectivity index (χ0n) is 28.0. The Morgan fingerprint density at radius 3 is 2.31 bits per heavy atom. The third-order valence-corrected chi connectivity index (χ3v) is 6.17. The van der Waals surface area contributed by atoms with Crippen molar-refractivity contribution in [3.8, 4) is 17.0 Å². The maximum absolute atomic E-state index is 14.4. The molecule has 14 nitrogen and oxygen atoms in total. The molecule has 1 aromatic carbocycles. The standard InChI is InChI=1S/C33H40FN7O7/c1-8-45-29(42)23-19-38-41-26(23)39-25(24(20-12-10-9-11-13-20)27(41)40-31(44)48-33(5,6)7)36-17-21-16-22(34)18-37-28(21)46-15-14-35-30(43)47-32(2,3)4/h9-13,16,18-19H,8,14-15,17H2,1-7H3,(H,35,43)(H,36,39)(H,40,44). The molecule has 0 spiro atoms. The van der Waals surface area contributed by atoms with Gasteiger partial charge < -0.3 is 29.6 Å². The lowest BCUT2D eigenvalue weighted by molar-refractivity contribution is 0.0512. The van der Waals surface area contributed by atoms with Crippen LogP contribution in [-0.4, -0.2) is 68.7 Å². The minimum absolute atomic E-state index is 0.0209. The smallest absolute Gasteiger partial charge is 0.413 e. The van der Waals surface area contributed by atoms with Crippen LogP contribution in [0.25, 0.3) is 16.8 Å². The Labute approximate surface area is 277 Å². The van der Waals surface area contributed by atoms with Crippen LogP contribution >= 0.6 is 0 Å². The summed E-state index contributed by atoms with van der Waals surface area (Å²) >= 11 is 0. The molecule has 4 aromatic rings. The summed E-state index contributed by atoms with van der Waals surface area (Å²) < 4.78 is 37.5. The van der Waals surface area contributed by atoms with Gasteiger partial charge in [0.25, 0.3) is 0 Å². The number of rotatable bonds is 11. The van der Waals surface area contributed by atoms with E-state index in [2.05, 4.69) is 26.0 Å². The van der Waals surface area contributed by atoms with E-state index in [0.717, 1.165) is 6.20 Å². The molecular weight excluding hydrogens is 625 g/mol. The highest BCUT2D eigenvalue weighted by Gasteiger charge is 2.26. The van der Waals surface area contributed by atoms with E-state index in [1.807, 2.05) is 6.07 Å². The highest BCUT2D eigenvalue weighted by atomic mass is 19.1. The molecule has 0 radical (unpaired) electrons. The van der Waals surface area contributed by atoms with E-state index in [0.29, 0.717) is 16.7 Å². The summed E-state index contributed by atoms with van der Waals surface area (Å²) in [7, 11) is 0. The number of fused-ring (bicyclic) bond motifs is 1. The fourth-order valence-electron chi connectivity index (χ4n) is 4.39. The molecule has 0 aliphatic rings. The molecule has 15 heteroatoms. The van der Waals surface area contributed by atoms with Gasteiger partial charge in [-0.1, -0.05) is 30.3 Å². The average molecular weight is 666 g/mol. The number of esters is 1. The summed E-state index contributed by atoms with van der Waals surface area (Å²) in [6, 6.07) is 10.3. The number of ether oxygens (including phenoxy) is 4. The van der Waals surface area contributed by atoms with E-state index in [1.165, 1.54) is 16.8 Å². The molecule has 0 bridgehead atoms. The topological polar surface area (TPSA) is 167 Å². The minimum Gasteiger partial charge on any atom is -0.476 e. The van der Waals surface area contributed by atoms with Gasteiger partial charge in [0.05, 0.1) is 31.1 Å². The Balaban J connectivity index is 1.72. The van der Waals surface area contributed by atoms with Crippen molar-refractivity contribution in [2.24, 2.45) is 0 Å². The summed E-state index contributed by atoms with van der Waals surface area (Å²) in [4.78, 5) is 46.8.